The Morgan fingerprint density at radius 3 is 2.60 bits per heavy atom. The maximum atomic E-state index is 8.84. The zero-order chi connectivity index (χ0) is 10.7. The molecule has 0 radical (unpaired) electrons. The van der Waals surface area contributed by atoms with Crippen LogP contribution in [-0.2, 0) is 0 Å². The van der Waals surface area contributed by atoms with E-state index in [9.17, 15) is 0 Å². The Balaban J connectivity index is 2.68. The molecule has 1 heterocycles. The average molecular weight is 257 g/mol. The van der Waals surface area contributed by atoms with Crippen LogP contribution in [0.2, 0.25) is 0 Å². The second kappa shape index (κ2) is 4.15. The van der Waals surface area contributed by atoms with Gasteiger partial charge in [-0.15, -0.1) is 0 Å². The summed E-state index contributed by atoms with van der Waals surface area (Å²) in [4.78, 5) is 2.04. The molecule has 0 N–H and O–H groups in total. The van der Waals surface area contributed by atoms with Crippen molar-refractivity contribution in [1.29, 1.82) is 10.5 Å². The first-order valence-electron chi connectivity index (χ1n) is 4.34. The van der Waals surface area contributed by atoms with Gasteiger partial charge in [-0.2, -0.15) is 0 Å². The molecule has 70 valence electrons. The predicted octanol–water partition coefficient (Wildman–Crippen LogP) is 1.34. The zero-order valence-electron chi connectivity index (χ0n) is 7.77. The van der Waals surface area contributed by atoms with Gasteiger partial charge in [0.25, 0.3) is 0 Å². The Labute approximate surface area is 94.3 Å². The van der Waals surface area contributed by atoms with Gasteiger partial charge in [0.05, 0.1) is 0 Å². The second-order valence-electron chi connectivity index (χ2n) is 2.93. The van der Waals surface area contributed by atoms with Crippen LogP contribution in [0.3, 0.4) is 0 Å². The second-order valence-corrected chi connectivity index (χ2v) is 4.92. The fourth-order valence-electron chi connectivity index (χ4n) is 1.42. The van der Waals surface area contributed by atoms with E-state index >= 15 is 0 Å². The van der Waals surface area contributed by atoms with Crippen molar-refractivity contribution in [3.8, 4) is 12.1 Å². The molecule has 1 aromatic rings. The van der Waals surface area contributed by atoms with E-state index < -0.39 is 0 Å². The van der Waals surface area contributed by atoms with Crippen LogP contribution in [0.1, 0.15) is 5.56 Å². The first-order chi connectivity index (χ1) is 7.36. The average Bonchev–Trinajstić information content (AvgIpc) is 2.31. The van der Waals surface area contributed by atoms with E-state index in [1.54, 1.807) is 0 Å². The van der Waals surface area contributed by atoms with Crippen molar-refractivity contribution in [2.45, 2.75) is 0 Å². The summed E-state index contributed by atoms with van der Waals surface area (Å²) in [5.41, 5.74) is 1.97. The molecule has 15 heavy (non-hydrogen) atoms. The van der Waals surface area contributed by atoms with Crippen molar-refractivity contribution in [2.24, 2.45) is 0 Å². The Hall–Kier alpha value is -1.80. The molecule has 0 spiro atoms. The number of rotatable bonds is 0. The van der Waals surface area contributed by atoms with Crippen LogP contribution in [0.25, 0.3) is 5.57 Å². The van der Waals surface area contributed by atoms with Gasteiger partial charge in [-0.05, 0) is 0 Å². The Bertz CT molecular complexity index is 525. The van der Waals surface area contributed by atoms with E-state index in [4.69, 9.17) is 10.5 Å². The first kappa shape index (κ1) is 9.74. The van der Waals surface area contributed by atoms with Crippen LogP contribution in [0.15, 0.2) is 40.9 Å². The molecule has 1 aliphatic heterocycles. The van der Waals surface area contributed by atoms with Crippen LogP contribution in [0.4, 0.5) is 0 Å². The third-order valence-corrected chi connectivity index (χ3v) is 3.95. The molecule has 2 nitrogen and oxygen atoms in total. The fraction of sp³-hybridized carbons (Fsp3) is 0. The summed E-state index contributed by atoms with van der Waals surface area (Å²) in [7, 11) is 0. The SMILES string of the molecule is N#CC(C#N)=C1C=C[Se]c2ccccc21. The molecule has 1 aliphatic rings. The zero-order valence-corrected chi connectivity index (χ0v) is 9.48. The molecule has 0 fully saturated rings. The van der Waals surface area contributed by atoms with E-state index in [1.165, 1.54) is 4.46 Å². The Morgan fingerprint density at radius 2 is 1.87 bits per heavy atom. The number of hydrogen-bond acceptors (Lipinski definition) is 2. The number of benzene rings is 1. The van der Waals surface area contributed by atoms with Gasteiger partial charge in [-0.25, -0.2) is 0 Å². The quantitative estimate of drug-likeness (QED) is 0.520. The van der Waals surface area contributed by atoms with Gasteiger partial charge in [0.15, 0.2) is 0 Å². The number of nitriles is 2. The van der Waals surface area contributed by atoms with Crippen molar-refractivity contribution in [1.82, 2.24) is 0 Å². The van der Waals surface area contributed by atoms with Gasteiger partial charge in [-0.3, -0.25) is 0 Å². The normalized spacial score (nSPS) is 12.5. The van der Waals surface area contributed by atoms with Crippen LogP contribution < -0.4 is 4.46 Å². The van der Waals surface area contributed by atoms with E-state index in [2.05, 4.69) is 0 Å². The van der Waals surface area contributed by atoms with Gasteiger partial charge in [0, 0.05) is 0 Å². The molecular formula is C12H6N2Se. The topological polar surface area (TPSA) is 47.6 Å². The standard InChI is InChI=1S/C12H6N2Se/c13-7-9(8-14)10-5-6-15-12-4-2-1-3-11(10)12/h1-6H. The Morgan fingerprint density at radius 1 is 1.13 bits per heavy atom. The number of hydrogen-bond donors (Lipinski definition) is 0. The summed E-state index contributed by atoms with van der Waals surface area (Å²) in [5, 5.41) is 17.7. The maximum absolute atomic E-state index is 8.84. The summed E-state index contributed by atoms with van der Waals surface area (Å²) < 4.78 is 1.23. The van der Waals surface area contributed by atoms with Gasteiger partial charge in [0.1, 0.15) is 0 Å². The van der Waals surface area contributed by atoms with Crippen molar-refractivity contribution in [3.63, 3.8) is 0 Å². The molecular weight excluding hydrogens is 251 g/mol. The van der Waals surface area contributed by atoms with Crippen molar-refractivity contribution in [2.75, 3.05) is 0 Å². The minimum atomic E-state index is 0.189. The Kier molecular flexibility index (Phi) is 2.70. The van der Waals surface area contributed by atoms with Gasteiger partial charge >= 0.3 is 94.1 Å². The molecule has 0 aliphatic carbocycles. The summed E-state index contributed by atoms with van der Waals surface area (Å²) in [5.74, 6) is 0. The number of nitrogens with zero attached hydrogens (tertiary/aromatic N) is 2. The third kappa shape index (κ3) is 1.72. The molecule has 3 heteroatoms. The first-order valence-corrected chi connectivity index (χ1v) is 6.18. The van der Waals surface area contributed by atoms with Gasteiger partial charge in [0.2, 0.25) is 0 Å². The summed E-state index contributed by atoms with van der Waals surface area (Å²) in [6, 6.07) is 11.8. The van der Waals surface area contributed by atoms with Crippen molar-refractivity contribution < 1.29 is 0 Å². The summed E-state index contributed by atoms with van der Waals surface area (Å²) >= 11 is 0.316. The molecule has 0 amide bonds. The molecule has 0 aromatic heterocycles. The van der Waals surface area contributed by atoms with Crippen LogP contribution >= 0.6 is 0 Å². The van der Waals surface area contributed by atoms with Crippen LogP contribution in [0.5, 0.6) is 0 Å². The van der Waals surface area contributed by atoms with E-state index in [1.807, 2.05) is 47.5 Å². The van der Waals surface area contributed by atoms with Crippen LogP contribution in [0, 0.1) is 22.7 Å². The number of fused-ring (bicyclic) bond motifs is 1. The van der Waals surface area contributed by atoms with Crippen molar-refractivity contribution >= 4 is 25.0 Å². The molecule has 0 saturated heterocycles. The van der Waals surface area contributed by atoms with Gasteiger partial charge < -0.3 is 0 Å². The monoisotopic (exact) mass is 258 g/mol. The summed E-state index contributed by atoms with van der Waals surface area (Å²) in [6.45, 7) is 0. The molecule has 1 aromatic carbocycles. The molecule has 0 atom stereocenters. The van der Waals surface area contributed by atoms with E-state index in [0.717, 1.165) is 11.1 Å². The summed E-state index contributed by atoms with van der Waals surface area (Å²) in [6.07, 6.45) is 1.88. The fourth-order valence-corrected chi connectivity index (χ4v) is 3.13. The molecule has 2 rings (SSSR count). The van der Waals surface area contributed by atoms with Crippen LogP contribution in [-0.4, -0.2) is 15.0 Å². The van der Waals surface area contributed by atoms with Gasteiger partial charge in [-0.1, -0.05) is 0 Å². The van der Waals surface area contributed by atoms with E-state index in [-0.39, 0.29) is 5.57 Å². The van der Waals surface area contributed by atoms with E-state index in [0.29, 0.717) is 15.0 Å². The number of allylic oxidation sites excluding steroid dienone is 3. The minimum absolute atomic E-state index is 0.189. The third-order valence-electron chi connectivity index (χ3n) is 2.10. The molecule has 0 unspecified atom stereocenters. The van der Waals surface area contributed by atoms with Crippen molar-refractivity contribution in [3.05, 3.63) is 46.5 Å². The molecule has 0 saturated carbocycles. The predicted molar refractivity (Wildman–Crippen MR) is 59.1 cm³/mol. The molecule has 0 bridgehead atoms.